The van der Waals surface area contributed by atoms with Gasteiger partial charge < -0.3 is 5.32 Å². The van der Waals surface area contributed by atoms with Gasteiger partial charge in [0.25, 0.3) is 0 Å². The molecular formula is C12H20N2OS. The first-order valence-electron chi connectivity index (χ1n) is 6.41. The first kappa shape index (κ1) is 10.9. The van der Waals surface area contributed by atoms with E-state index in [4.69, 9.17) is 0 Å². The predicted molar refractivity (Wildman–Crippen MR) is 66.6 cm³/mol. The van der Waals surface area contributed by atoms with Crippen LogP contribution in [0, 0.1) is 0 Å². The third-order valence-electron chi connectivity index (χ3n) is 4.45. The number of carbonyl (C=O) groups excluding carboxylic acids is 1. The lowest BCUT2D eigenvalue weighted by Crippen LogP contribution is -2.56. The summed E-state index contributed by atoms with van der Waals surface area (Å²) < 4.78 is 0. The SMILES string of the molecule is O=C1CC2CCCN2C2(CCSCC2)CN1. The maximum atomic E-state index is 11.7. The zero-order valence-corrected chi connectivity index (χ0v) is 10.5. The van der Waals surface area contributed by atoms with Gasteiger partial charge in [0.05, 0.1) is 0 Å². The Hall–Kier alpha value is -0.220. The molecule has 0 bridgehead atoms. The Labute approximate surface area is 101 Å². The number of rotatable bonds is 0. The van der Waals surface area contributed by atoms with E-state index in [9.17, 15) is 4.79 Å². The van der Waals surface area contributed by atoms with E-state index in [1.54, 1.807) is 0 Å². The second-order valence-corrected chi connectivity index (χ2v) is 6.53. The smallest absolute Gasteiger partial charge is 0.221 e. The molecule has 90 valence electrons. The van der Waals surface area contributed by atoms with Crippen LogP contribution >= 0.6 is 11.8 Å². The minimum Gasteiger partial charge on any atom is -0.354 e. The molecule has 3 nitrogen and oxygen atoms in total. The van der Waals surface area contributed by atoms with Gasteiger partial charge in [-0.25, -0.2) is 0 Å². The van der Waals surface area contributed by atoms with Crippen molar-refractivity contribution in [3.05, 3.63) is 0 Å². The molecule has 16 heavy (non-hydrogen) atoms. The molecule has 1 spiro atoms. The molecule has 1 atom stereocenters. The van der Waals surface area contributed by atoms with E-state index in [0.29, 0.717) is 11.6 Å². The summed E-state index contributed by atoms with van der Waals surface area (Å²) in [6, 6.07) is 0.533. The average molecular weight is 240 g/mol. The fourth-order valence-electron chi connectivity index (χ4n) is 3.54. The fraction of sp³-hybridized carbons (Fsp3) is 0.917. The molecular weight excluding hydrogens is 220 g/mol. The van der Waals surface area contributed by atoms with E-state index in [0.717, 1.165) is 13.0 Å². The van der Waals surface area contributed by atoms with Gasteiger partial charge in [0.2, 0.25) is 5.91 Å². The van der Waals surface area contributed by atoms with Crippen LogP contribution in [0.4, 0.5) is 0 Å². The zero-order valence-electron chi connectivity index (χ0n) is 9.71. The van der Waals surface area contributed by atoms with Crippen LogP contribution in [0.1, 0.15) is 32.1 Å². The fourth-order valence-corrected chi connectivity index (χ4v) is 4.79. The van der Waals surface area contributed by atoms with Gasteiger partial charge in [0.1, 0.15) is 0 Å². The molecule has 3 fully saturated rings. The minimum atomic E-state index is 0.270. The summed E-state index contributed by atoms with van der Waals surface area (Å²) in [6.07, 6.45) is 5.76. The second-order valence-electron chi connectivity index (χ2n) is 5.31. The molecule has 1 N–H and O–H groups in total. The van der Waals surface area contributed by atoms with Gasteiger partial charge in [-0.3, -0.25) is 9.69 Å². The van der Waals surface area contributed by atoms with Crippen molar-refractivity contribution in [2.45, 2.75) is 43.7 Å². The number of amides is 1. The highest BCUT2D eigenvalue weighted by Gasteiger charge is 2.45. The largest absolute Gasteiger partial charge is 0.354 e. The Bertz CT molecular complexity index is 289. The summed E-state index contributed by atoms with van der Waals surface area (Å²) in [6.45, 7) is 2.10. The van der Waals surface area contributed by atoms with Crippen molar-refractivity contribution in [1.29, 1.82) is 0 Å². The van der Waals surface area contributed by atoms with E-state index < -0.39 is 0 Å². The Balaban J connectivity index is 1.86. The lowest BCUT2D eigenvalue weighted by Gasteiger charge is -2.45. The van der Waals surface area contributed by atoms with Crippen LogP contribution in [0.15, 0.2) is 0 Å². The van der Waals surface area contributed by atoms with Crippen molar-refractivity contribution in [3.63, 3.8) is 0 Å². The molecule has 0 aromatic heterocycles. The summed E-state index contributed by atoms with van der Waals surface area (Å²) in [5.41, 5.74) is 0.304. The number of fused-ring (bicyclic) bond motifs is 2. The van der Waals surface area contributed by atoms with Crippen molar-refractivity contribution in [3.8, 4) is 0 Å². The molecule has 3 aliphatic rings. The molecule has 3 saturated heterocycles. The Morgan fingerprint density at radius 1 is 1.38 bits per heavy atom. The molecule has 0 radical (unpaired) electrons. The molecule has 1 unspecified atom stereocenters. The first-order valence-corrected chi connectivity index (χ1v) is 7.57. The van der Waals surface area contributed by atoms with E-state index in [2.05, 4.69) is 22.0 Å². The summed E-state index contributed by atoms with van der Waals surface area (Å²) in [5, 5.41) is 3.14. The monoisotopic (exact) mass is 240 g/mol. The van der Waals surface area contributed by atoms with Crippen LogP contribution < -0.4 is 5.32 Å². The third-order valence-corrected chi connectivity index (χ3v) is 5.43. The molecule has 0 aromatic carbocycles. The summed E-state index contributed by atoms with van der Waals surface area (Å²) in [4.78, 5) is 14.4. The third kappa shape index (κ3) is 1.76. The standard InChI is InChI=1S/C12H20N2OS/c15-11-8-10-2-1-5-14(10)12(9-13-11)3-6-16-7-4-12/h10H,1-9H2,(H,13,15). The maximum absolute atomic E-state index is 11.7. The Kier molecular flexibility index (Phi) is 2.88. The highest BCUT2D eigenvalue weighted by Crippen LogP contribution is 2.39. The van der Waals surface area contributed by atoms with Crippen LogP contribution in [-0.4, -0.2) is 47.0 Å². The van der Waals surface area contributed by atoms with Gasteiger partial charge in [-0.2, -0.15) is 11.8 Å². The molecule has 3 heterocycles. The summed E-state index contributed by atoms with van der Waals surface area (Å²) >= 11 is 2.06. The normalized spacial score (nSPS) is 34.5. The molecule has 4 heteroatoms. The van der Waals surface area contributed by atoms with E-state index >= 15 is 0 Å². The number of thioether (sulfide) groups is 1. The molecule has 3 rings (SSSR count). The topological polar surface area (TPSA) is 32.3 Å². The van der Waals surface area contributed by atoms with Crippen LogP contribution in [0.3, 0.4) is 0 Å². The average Bonchev–Trinajstić information content (AvgIpc) is 2.72. The van der Waals surface area contributed by atoms with E-state index in [-0.39, 0.29) is 5.91 Å². The van der Waals surface area contributed by atoms with Crippen molar-refractivity contribution in [2.75, 3.05) is 24.6 Å². The van der Waals surface area contributed by atoms with Gasteiger partial charge >= 0.3 is 0 Å². The second kappa shape index (κ2) is 4.22. The summed E-state index contributed by atoms with van der Waals surface area (Å²) in [7, 11) is 0. The Morgan fingerprint density at radius 2 is 2.19 bits per heavy atom. The molecule has 1 amide bonds. The number of hydrogen-bond acceptors (Lipinski definition) is 3. The van der Waals surface area contributed by atoms with Crippen LogP contribution in [0.25, 0.3) is 0 Å². The van der Waals surface area contributed by atoms with Crippen molar-refractivity contribution < 1.29 is 4.79 Å². The van der Waals surface area contributed by atoms with E-state index in [1.165, 1.54) is 43.7 Å². The molecule has 0 saturated carbocycles. The van der Waals surface area contributed by atoms with Crippen LogP contribution in [0.2, 0.25) is 0 Å². The Morgan fingerprint density at radius 3 is 3.00 bits per heavy atom. The summed E-state index contributed by atoms with van der Waals surface area (Å²) in [5.74, 6) is 2.80. The predicted octanol–water partition coefficient (Wildman–Crippen LogP) is 1.24. The lowest BCUT2D eigenvalue weighted by atomic mass is 9.89. The maximum Gasteiger partial charge on any atom is 0.221 e. The number of hydrogen-bond donors (Lipinski definition) is 1. The number of nitrogens with zero attached hydrogens (tertiary/aromatic N) is 1. The van der Waals surface area contributed by atoms with Crippen molar-refractivity contribution in [1.82, 2.24) is 10.2 Å². The van der Waals surface area contributed by atoms with Crippen LogP contribution in [0.5, 0.6) is 0 Å². The first-order chi connectivity index (χ1) is 7.80. The van der Waals surface area contributed by atoms with Gasteiger partial charge in [-0.05, 0) is 43.7 Å². The van der Waals surface area contributed by atoms with Crippen molar-refractivity contribution >= 4 is 17.7 Å². The van der Waals surface area contributed by atoms with Gasteiger partial charge in [0.15, 0.2) is 0 Å². The highest BCUT2D eigenvalue weighted by molar-refractivity contribution is 7.99. The van der Waals surface area contributed by atoms with E-state index in [1.807, 2.05) is 0 Å². The van der Waals surface area contributed by atoms with Gasteiger partial charge in [0, 0.05) is 24.5 Å². The van der Waals surface area contributed by atoms with Crippen molar-refractivity contribution in [2.24, 2.45) is 0 Å². The quantitative estimate of drug-likeness (QED) is 0.691. The highest BCUT2D eigenvalue weighted by atomic mass is 32.2. The van der Waals surface area contributed by atoms with Crippen LogP contribution in [-0.2, 0) is 4.79 Å². The number of carbonyl (C=O) groups is 1. The molecule has 3 aliphatic heterocycles. The van der Waals surface area contributed by atoms with Gasteiger partial charge in [-0.1, -0.05) is 0 Å². The van der Waals surface area contributed by atoms with Gasteiger partial charge in [-0.15, -0.1) is 0 Å². The zero-order chi connectivity index (χ0) is 11.0. The molecule has 0 aliphatic carbocycles. The lowest BCUT2D eigenvalue weighted by molar-refractivity contribution is -0.121. The minimum absolute atomic E-state index is 0.270. The number of nitrogens with one attached hydrogen (secondary N) is 1. The molecule has 0 aromatic rings.